The van der Waals surface area contributed by atoms with Gasteiger partial charge in [0.05, 0.1) is 0 Å². The van der Waals surface area contributed by atoms with Gasteiger partial charge in [-0.15, -0.1) is 0 Å². The van der Waals surface area contributed by atoms with E-state index in [0.717, 1.165) is 6.54 Å². The van der Waals surface area contributed by atoms with Crippen molar-refractivity contribution in [3.63, 3.8) is 0 Å². The Morgan fingerprint density at radius 1 is 1.12 bits per heavy atom. The van der Waals surface area contributed by atoms with Crippen molar-refractivity contribution in [2.75, 3.05) is 24.5 Å². The first kappa shape index (κ1) is 11.1. The van der Waals surface area contributed by atoms with Crippen LogP contribution in [0.3, 0.4) is 0 Å². The Labute approximate surface area is 104 Å². The molecule has 2 heterocycles. The number of hydrogen-bond acceptors (Lipinski definition) is 2. The van der Waals surface area contributed by atoms with Crippen LogP contribution in [-0.4, -0.2) is 25.7 Å². The molecule has 2 aliphatic rings. The second-order valence-corrected chi connectivity index (χ2v) is 5.28. The Bertz CT molecular complexity index is 367. The molecule has 0 aliphatic carbocycles. The van der Waals surface area contributed by atoms with Crippen LogP contribution < -0.4 is 10.2 Å². The maximum atomic E-state index is 3.58. The van der Waals surface area contributed by atoms with Crippen LogP contribution >= 0.6 is 0 Å². The van der Waals surface area contributed by atoms with E-state index in [2.05, 4.69) is 34.5 Å². The zero-order valence-corrected chi connectivity index (χ0v) is 10.5. The van der Waals surface area contributed by atoms with Crippen LogP contribution in [0.2, 0.25) is 0 Å². The van der Waals surface area contributed by atoms with Gasteiger partial charge in [0.2, 0.25) is 0 Å². The van der Waals surface area contributed by atoms with Crippen molar-refractivity contribution in [2.45, 2.75) is 38.1 Å². The fourth-order valence-corrected chi connectivity index (χ4v) is 3.21. The van der Waals surface area contributed by atoms with Gasteiger partial charge in [-0.05, 0) is 43.9 Å². The van der Waals surface area contributed by atoms with Crippen molar-refractivity contribution in [1.82, 2.24) is 5.32 Å². The SMILES string of the molecule is c1ccc2c(c1)CCCN2C1CCCCNC1. The van der Waals surface area contributed by atoms with Gasteiger partial charge < -0.3 is 10.2 Å². The minimum atomic E-state index is 0.707. The Balaban J connectivity index is 1.83. The normalized spacial score (nSPS) is 25.2. The van der Waals surface area contributed by atoms with Crippen LogP contribution in [-0.2, 0) is 6.42 Å². The molecule has 1 saturated heterocycles. The summed E-state index contributed by atoms with van der Waals surface area (Å²) in [6.45, 7) is 3.60. The first-order chi connectivity index (χ1) is 8.45. The molecule has 2 aliphatic heterocycles. The minimum absolute atomic E-state index is 0.707. The zero-order chi connectivity index (χ0) is 11.5. The molecule has 0 aromatic heterocycles. The summed E-state index contributed by atoms with van der Waals surface area (Å²) in [5.74, 6) is 0. The lowest BCUT2D eigenvalue weighted by atomic mass is 9.98. The predicted molar refractivity (Wildman–Crippen MR) is 72.6 cm³/mol. The maximum Gasteiger partial charge on any atom is 0.0414 e. The van der Waals surface area contributed by atoms with Gasteiger partial charge >= 0.3 is 0 Å². The quantitative estimate of drug-likeness (QED) is 0.797. The number of hydrogen-bond donors (Lipinski definition) is 1. The molecule has 1 aromatic carbocycles. The van der Waals surface area contributed by atoms with E-state index < -0.39 is 0 Å². The van der Waals surface area contributed by atoms with E-state index in [-0.39, 0.29) is 0 Å². The third-order valence-electron chi connectivity index (χ3n) is 4.11. The highest BCUT2D eigenvalue weighted by Crippen LogP contribution is 2.29. The summed E-state index contributed by atoms with van der Waals surface area (Å²) < 4.78 is 0. The van der Waals surface area contributed by atoms with Gasteiger partial charge in [-0.1, -0.05) is 24.6 Å². The van der Waals surface area contributed by atoms with Crippen LogP contribution in [0, 0.1) is 0 Å². The van der Waals surface area contributed by atoms with Gasteiger partial charge in [0.25, 0.3) is 0 Å². The van der Waals surface area contributed by atoms with E-state index in [4.69, 9.17) is 0 Å². The Morgan fingerprint density at radius 3 is 3.06 bits per heavy atom. The average molecular weight is 230 g/mol. The van der Waals surface area contributed by atoms with E-state index in [1.165, 1.54) is 50.9 Å². The van der Waals surface area contributed by atoms with E-state index in [1.807, 2.05) is 0 Å². The largest absolute Gasteiger partial charge is 0.367 e. The second kappa shape index (κ2) is 5.09. The van der Waals surface area contributed by atoms with Gasteiger partial charge in [-0.3, -0.25) is 0 Å². The molecule has 0 saturated carbocycles. The monoisotopic (exact) mass is 230 g/mol. The topological polar surface area (TPSA) is 15.3 Å². The third-order valence-corrected chi connectivity index (χ3v) is 4.11. The maximum absolute atomic E-state index is 3.58. The first-order valence-electron chi connectivity index (χ1n) is 7.00. The van der Waals surface area contributed by atoms with E-state index in [1.54, 1.807) is 5.56 Å². The lowest BCUT2D eigenvalue weighted by Gasteiger charge is -2.37. The molecule has 0 radical (unpaired) electrons. The standard InChI is InChI=1S/C15H22N2/c1-2-9-15-13(6-1)7-5-11-17(15)14-8-3-4-10-16-12-14/h1-2,6,9,14,16H,3-5,7-8,10-12H2. The highest BCUT2D eigenvalue weighted by molar-refractivity contribution is 5.56. The number of nitrogens with one attached hydrogen (secondary N) is 1. The number of anilines is 1. The Morgan fingerprint density at radius 2 is 2.06 bits per heavy atom. The first-order valence-corrected chi connectivity index (χ1v) is 7.00. The van der Waals surface area contributed by atoms with Gasteiger partial charge in [0.1, 0.15) is 0 Å². The molecule has 3 rings (SSSR count). The molecule has 0 amide bonds. The summed E-state index contributed by atoms with van der Waals surface area (Å²) in [6.07, 6.45) is 6.63. The molecule has 2 nitrogen and oxygen atoms in total. The highest BCUT2D eigenvalue weighted by Gasteiger charge is 2.24. The number of para-hydroxylation sites is 1. The predicted octanol–water partition coefficient (Wildman–Crippen LogP) is 2.58. The number of benzene rings is 1. The minimum Gasteiger partial charge on any atom is -0.367 e. The highest BCUT2D eigenvalue weighted by atomic mass is 15.2. The molecule has 17 heavy (non-hydrogen) atoms. The lowest BCUT2D eigenvalue weighted by molar-refractivity contribution is 0.520. The molecule has 0 spiro atoms. The number of rotatable bonds is 1. The van der Waals surface area contributed by atoms with Crippen LogP contribution in [0.4, 0.5) is 5.69 Å². The molecular weight excluding hydrogens is 208 g/mol. The third kappa shape index (κ3) is 2.32. The van der Waals surface area contributed by atoms with Gasteiger partial charge in [-0.25, -0.2) is 0 Å². The molecule has 1 atom stereocenters. The molecule has 0 bridgehead atoms. The molecule has 92 valence electrons. The van der Waals surface area contributed by atoms with E-state index in [9.17, 15) is 0 Å². The smallest absolute Gasteiger partial charge is 0.0414 e. The fourth-order valence-electron chi connectivity index (χ4n) is 3.21. The van der Waals surface area contributed by atoms with Gasteiger partial charge in [0.15, 0.2) is 0 Å². The number of nitrogens with zero attached hydrogens (tertiary/aromatic N) is 1. The van der Waals surface area contributed by atoms with Crippen molar-refractivity contribution in [3.05, 3.63) is 29.8 Å². The zero-order valence-electron chi connectivity index (χ0n) is 10.5. The Hall–Kier alpha value is -1.02. The van der Waals surface area contributed by atoms with Crippen LogP contribution in [0.25, 0.3) is 0 Å². The summed E-state index contributed by atoms with van der Waals surface area (Å²) >= 11 is 0. The van der Waals surface area contributed by atoms with Crippen molar-refractivity contribution in [2.24, 2.45) is 0 Å². The molecule has 1 N–H and O–H groups in total. The fraction of sp³-hybridized carbons (Fsp3) is 0.600. The molecular formula is C15H22N2. The van der Waals surface area contributed by atoms with Gasteiger partial charge in [-0.2, -0.15) is 0 Å². The number of aryl methyl sites for hydroxylation is 1. The van der Waals surface area contributed by atoms with E-state index >= 15 is 0 Å². The second-order valence-electron chi connectivity index (χ2n) is 5.28. The van der Waals surface area contributed by atoms with Gasteiger partial charge in [0, 0.05) is 24.8 Å². The molecule has 1 unspecified atom stereocenters. The summed E-state index contributed by atoms with van der Waals surface area (Å²) in [5, 5.41) is 3.58. The van der Waals surface area contributed by atoms with Crippen molar-refractivity contribution in [1.29, 1.82) is 0 Å². The molecule has 1 fully saturated rings. The summed E-state index contributed by atoms with van der Waals surface area (Å²) in [4.78, 5) is 2.65. The summed E-state index contributed by atoms with van der Waals surface area (Å²) in [5.41, 5.74) is 3.04. The van der Waals surface area contributed by atoms with Crippen molar-refractivity contribution < 1.29 is 0 Å². The molecule has 1 aromatic rings. The average Bonchev–Trinajstić information content (AvgIpc) is 2.67. The number of fused-ring (bicyclic) bond motifs is 1. The van der Waals surface area contributed by atoms with E-state index in [0.29, 0.717) is 6.04 Å². The van der Waals surface area contributed by atoms with Crippen LogP contribution in [0.15, 0.2) is 24.3 Å². The van der Waals surface area contributed by atoms with Crippen LogP contribution in [0.5, 0.6) is 0 Å². The van der Waals surface area contributed by atoms with Crippen LogP contribution in [0.1, 0.15) is 31.2 Å². The lowest BCUT2D eigenvalue weighted by Crippen LogP contribution is -2.44. The Kier molecular flexibility index (Phi) is 3.32. The summed E-state index contributed by atoms with van der Waals surface area (Å²) in [6, 6.07) is 9.67. The molecule has 2 heteroatoms. The summed E-state index contributed by atoms with van der Waals surface area (Å²) in [7, 11) is 0. The van der Waals surface area contributed by atoms with Crippen molar-refractivity contribution >= 4 is 5.69 Å². The van der Waals surface area contributed by atoms with Crippen molar-refractivity contribution in [3.8, 4) is 0 Å².